The molecule has 0 bridgehead atoms. The summed E-state index contributed by atoms with van der Waals surface area (Å²) < 4.78 is 0. The first-order chi connectivity index (χ1) is 9.08. The van der Waals surface area contributed by atoms with Crippen LogP contribution in [0, 0.1) is 0 Å². The zero-order valence-corrected chi connectivity index (χ0v) is 11.1. The molecule has 0 aliphatic heterocycles. The maximum Gasteiger partial charge on any atom is 0.337 e. The average Bonchev–Trinajstić information content (AvgIpc) is 2.39. The van der Waals surface area contributed by atoms with Gasteiger partial charge in [-0.2, -0.15) is 0 Å². The molecule has 1 atom stereocenters. The number of hydrogen-bond donors (Lipinski definition) is 2. The Morgan fingerprint density at radius 2 is 2.16 bits per heavy atom. The van der Waals surface area contributed by atoms with Gasteiger partial charge in [0.05, 0.1) is 22.3 Å². The normalized spacial score (nSPS) is 11.9. The van der Waals surface area contributed by atoms with Crippen molar-refractivity contribution in [3.63, 3.8) is 0 Å². The number of hydrogen-bond acceptors (Lipinski definition) is 3. The van der Waals surface area contributed by atoms with E-state index in [1.807, 2.05) is 25.1 Å². The topological polar surface area (TPSA) is 62.2 Å². The van der Waals surface area contributed by atoms with Gasteiger partial charge in [0.1, 0.15) is 0 Å². The summed E-state index contributed by atoms with van der Waals surface area (Å²) in [5.74, 6) is -1.03. The minimum Gasteiger partial charge on any atom is -0.478 e. The van der Waals surface area contributed by atoms with E-state index in [1.165, 1.54) is 6.07 Å². The summed E-state index contributed by atoms with van der Waals surface area (Å²) >= 11 is 5.92. The Bertz CT molecular complexity index is 587. The maximum atomic E-state index is 10.9. The van der Waals surface area contributed by atoms with E-state index in [2.05, 4.69) is 10.3 Å². The molecule has 19 heavy (non-hydrogen) atoms. The molecule has 0 radical (unpaired) electrons. The van der Waals surface area contributed by atoms with Crippen LogP contribution in [-0.2, 0) is 0 Å². The molecule has 1 aromatic carbocycles. The summed E-state index contributed by atoms with van der Waals surface area (Å²) in [5, 5.41) is 12.3. The lowest BCUT2D eigenvalue weighted by atomic mass is 10.1. The highest BCUT2D eigenvalue weighted by atomic mass is 35.5. The zero-order chi connectivity index (χ0) is 13.8. The summed E-state index contributed by atoms with van der Waals surface area (Å²) in [6, 6.07) is 10.5. The predicted molar refractivity (Wildman–Crippen MR) is 74.7 cm³/mol. The molecule has 0 aliphatic carbocycles. The van der Waals surface area contributed by atoms with Gasteiger partial charge in [-0.1, -0.05) is 17.7 Å². The van der Waals surface area contributed by atoms with Crippen molar-refractivity contribution >= 4 is 23.3 Å². The molecule has 0 saturated carbocycles. The summed E-state index contributed by atoms with van der Waals surface area (Å²) in [5.41, 5.74) is 1.76. The highest BCUT2D eigenvalue weighted by Crippen LogP contribution is 2.24. The first-order valence-electron chi connectivity index (χ1n) is 5.78. The van der Waals surface area contributed by atoms with Crippen LogP contribution in [0.25, 0.3) is 0 Å². The minimum atomic E-state index is -1.03. The van der Waals surface area contributed by atoms with Crippen molar-refractivity contribution in [2.75, 3.05) is 5.32 Å². The van der Waals surface area contributed by atoms with Gasteiger partial charge < -0.3 is 10.4 Å². The fourth-order valence-electron chi connectivity index (χ4n) is 1.73. The Balaban J connectivity index is 2.16. The van der Waals surface area contributed by atoms with Crippen LogP contribution in [0.3, 0.4) is 0 Å². The van der Waals surface area contributed by atoms with Crippen molar-refractivity contribution in [3.05, 3.63) is 58.9 Å². The molecule has 2 rings (SSSR count). The number of anilines is 1. The Labute approximate surface area is 116 Å². The van der Waals surface area contributed by atoms with Crippen LogP contribution in [0.15, 0.2) is 42.6 Å². The SMILES string of the molecule is CC(Nc1ccc(C(=O)O)c(Cl)c1)c1ccccn1. The Morgan fingerprint density at radius 3 is 2.74 bits per heavy atom. The van der Waals surface area contributed by atoms with Crippen molar-refractivity contribution in [2.45, 2.75) is 13.0 Å². The second-order valence-electron chi connectivity index (χ2n) is 4.12. The number of carboxylic acid groups (broad SMARTS) is 1. The maximum absolute atomic E-state index is 10.9. The van der Waals surface area contributed by atoms with Crippen LogP contribution in [0.5, 0.6) is 0 Å². The lowest BCUT2D eigenvalue weighted by Gasteiger charge is -2.15. The molecule has 0 amide bonds. The van der Waals surface area contributed by atoms with Gasteiger partial charge in [-0.15, -0.1) is 0 Å². The fourth-order valence-corrected chi connectivity index (χ4v) is 2.00. The molecule has 98 valence electrons. The summed E-state index contributed by atoms with van der Waals surface area (Å²) in [7, 11) is 0. The Hall–Kier alpha value is -2.07. The number of aromatic carboxylic acids is 1. The lowest BCUT2D eigenvalue weighted by Crippen LogP contribution is -2.08. The van der Waals surface area contributed by atoms with Gasteiger partial charge >= 0.3 is 5.97 Å². The van der Waals surface area contributed by atoms with Crippen LogP contribution >= 0.6 is 11.6 Å². The molecular weight excluding hydrogens is 264 g/mol. The minimum absolute atomic E-state index is 0.00736. The number of nitrogens with one attached hydrogen (secondary N) is 1. The Kier molecular flexibility index (Phi) is 4.02. The zero-order valence-electron chi connectivity index (χ0n) is 10.3. The molecule has 1 aromatic heterocycles. The van der Waals surface area contributed by atoms with Crippen LogP contribution < -0.4 is 5.32 Å². The fraction of sp³-hybridized carbons (Fsp3) is 0.143. The van der Waals surface area contributed by atoms with E-state index in [0.717, 1.165) is 11.4 Å². The predicted octanol–water partition coefficient (Wildman–Crippen LogP) is 3.61. The van der Waals surface area contributed by atoms with E-state index >= 15 is 0 Å². The molecule has 2 aromatic rings. The quantitative estimate of drug-likeness (QED) is 0.895. The van der Waals surface area contributed by atoms with Gasteiger partial charge in [0.2, 0.25) is 0 Å². The number of benzene rings is 1. The van der Waals surface area contributed by atoms with E-state index in [4.69, 9.17) is 16.7 Å². The van der Waals surface area contributed by atoms with Crippen molar-refractivity contribution in [1.82, 2.24) is 4.98 Å². The number of pyridine rings is 1. The number of carbonyl (C=O) groups is 1. The summed E-state index contributed by atoms with van der Waals surface area (Å²) in [4.78, 5) is 15.1. The van der Waals surface area contributed by atoms with Crippen molar-refractivity contribution in [2.24, 2.45) is 0 Å². The molecular formula is C14H13ClN2O2. The number of carboxylic acids is 1. The van der Waals surface area contributed by atoms with Gasteiger partial charge in [0.15, 0.2) is 0 Å². The molecule has 2 N–H and O–H groups in total. The van der Waals surface area contributed by atoms with Gasteiger partial charge in [0.25, 0.3) is 0 Å². The van der Waals surface area contributed by atoms with Crippen molar-refractivity contribution < 1.29 is 9.90 Å². The molecule has 0 saturated heterocycles. The second-order valence-corrected chi connectivity index (χ2v) is 4.53. The summed E-state index contributed by atoms with van der Waals surface area (Å²) in [6.45, 7) is 1.97. The molecule has 5 heteroatoms. The van der Waals surface area contributed by atoms with Crippen LogP contribution in [0.2, 0.25) is 5.02 Å². The number of aromatic nitrogens is 1. The third kappa shape index (κ3) is 3.23. The van der Waals surface area contributed by atoms with Gasteiger partial charge in [-0.25, -0.2) is 4.79 Å². The summed E-state index contributed by atoms with van der Waals surface area (Å²) in [6.07, 6.45) is 1.73. The molecule has 4 nitrogen and oxygen atoms in total. The number of rotatable bonds is 4. The second kappa shape index (κ2) is 5.71. The van der Waals surface area contributed by atoms with Gasteiger partial charge in [-0.05, 0) is 37.3 Å². The third-order valence-electron chi connectivity index (χ3n) is 2.71. The lowest BCUT2D eigenvalue weighted by molar-refractivity contribution is 0.0697. The average molecular weight is 277 g/mol. The third-order valence-corrected chi connectivity index (χ3v) is 3.03. The first-order valence-corrected chi connectivity index (χ1v) is 6.16. The largest absolute Gasteiger partial charge is 0.478 e. The van der Waals surface area contributed by atoms with Crippen molar-refractivity contribution in [1.29, 1.82) is 0 Å². The number of nitrogens with zero attached hydrogens (tertiary/aromatic N) is 1. The standard InChI is InChI=1S/C14H13ClN2O2/c1-9(13-4-2-3-7-16-13)17-10-5-6-11(14(18)19)12(15)8-10/h2-9,17H,1H3,(H,18,19). The van der Waals surface area contributed by atoms with Crippen LogP contribution in [0.1, 0.15) is 29.0 Å². The van der Waals surface area contributed by atoms with Gasteiger partial charge in [-0.3, -0.25) is 4.98 Å². The van der Waals surface area contributed by atoms with E-state index < -0.39 is 5.97 Å². The van der Waals surface area contributed by atoms with Crippen molar-refractivity contribution in [3.8, 4) is 0 Å². The Morgan fingerprint density at radius 1 is 1.37 bits per heavy atom. The molecule has 1 unspecified atom stereocenters. The van der Waals surface area contributed by atoms with Gasteiger partial charge in [0, 0.05) is 11.9 Å². The van der Waals surface area contributed by atoms with E-state index in [0.29, 0.717) is 0 Å². The first kappa shape index (κ1) is 13.4. The molecule has 0 aliphatic rings. The molecule has 0 spiro atoms. The van der Waals surface area contributed by atoms with E-state index in [-0.39, 0.29) is 16.6 Å². The molecule has 0 fully saturated rings. The van der Waals surface area contributed by atoms with E-state index in [9.17, 15) is 4.79 Å². The van der Waals surface area contributed by atoms with Crippen LogP contribution in [-0.4, -0.2) is 16.1 Å². The van der Waals surface area contributed by atoms with E-state index in [1.54, 1.807) is 18.3 Å². The monoisotopic (exact) mass is 276 g/mol. The smallest absolute Gasteiger partial charge is 0.337 e. The highest BCUT2D eigenvalue weighted by molar-refractivity contribution is 6.33. The number of halogens is 1. The van der Waals surface area contributed by atoms with Crippen LogP contribution in [0.4, 0.5) is 5.69 Å². The highest BCUT2D eigenvalue weighted by Gasteiger charge is 2.11. The molecule has 1 heterocycles.